The van der Waals surface area contributed by atoms with Gasteiger partial charge in [0.15, 0.2) is 5.82 Å². The number of halogens is 8. The van der Waals surface area contributed by atoms with Crippen molar-refractivity contribution in [3.63, 3.8) is 0 Å². The highest BCUT2D eigenvalue weighted by Crippen LogP contribution is 2.68. The molecule has 0 saturated heterocycles. The fraction of sp³-hybridized carbons (Fsp3) is 0.262. The molecule has 12 nitrogen and oxygen atoms in total. The van der Waals surface area contributed by atoms with Crippen molar-refractivity contribution in [2.75, 3.05) is 11.0 Å². The van der Waals surface area contributed by atoms with Crippen LogP contribution < -0.4 is 15.6 Å². The number of anilines is 1. The third-order valence-corrected chi connectivity index (χ3v) is 12.2. The molecule has 4 aromatic carbocycles. The number of aromatic nitrogens is 6. The molecular weight excluding hydrogens is 881 g/mol. The van der Waals surface area contributed by atoms with E-state index in [9.17, 15) is 35.2 Å². The van der Waals surface area contributed by atoms with Crippen molar-refractivity contribution in [1.29, 1.82) is 0 Å². The lowest BCUT2D eigenvalue weighted by molar-refractivity contribution is -0.123. The molecule has 2 aliphatic carbocycles. The van der Waals surface area contributed by atoms with Gasteiger partial charge in [0.1, 0.15) is 41.2 Å². The van der Waals surface area contributed by atoms with Crippen LogP contribution >= 0.6 is 11.6 Å². The van der Waals surface area contributed by atoms with E-state index < -0.39 is 93.5 Å². The van der Waals surface area contributed by atoms with Gasteiger partial charge < -0.3 is 5.32 Å². The zero-order valence-electron chi connectivity index (χ0n) is 33.0. The molecule has 21 heteroatoms. The number of nitrogens with one attached hydrogen (secondary N) is 2. The first-order valence-electron chi connectivity index (χ1n) is 19.2. The third kappa shape index (κ3) is 7.37. The minimum atomic E-state index is -3.93. The van der Waals surface area contributed by atoms with Crippen LogP contribution in [0.25, 0.3) is 38.6 Å². The molecular formula is C42H32ClF7N8O4S. The summed E-state index contributed by atoms with van der Waals surface area (Å²) in [6.45, 7) is 0.672. The van der Waals surface area contributed by atoms with Crippen molar-refractivity contribution in [3.05, 3.63) is 133 Å². The van der Waals surface area contributed by atoms with Crippen molar-refractivity contribution in [2.45, 2.75) is 50.6 Å². The minimum absolute atomic E-state index is 0.00573. The summed E-state index contributed by atoms with van der Waals surface area (Å²) in [6, 6.07) is 12.4. The van der Waals surface area contributed by atoms with E-state index in [1.165, 1.54) is 54.2 Å². The summed E-state index contributed by atoms with van der Waals surface area (Å²) in [5.41, 5.74) is -1.04. The molecule has 0 bridgehead atoms. The van der Waals surface area contributed by atoms with Crippen LogP contribution in [-0.4, -0.2) is 49.7 Å². The average Bonchev–Trinajstić information content (AvgIpc) is 3.72. The van der Waals surface area contributed by atoms with E-state index in [2.05, 4.69) is 20.2 Å². The third-order valence-electron chi connectivity index (χ3n) is 11.3. The molecule has 3 atom stereocenters. The lowest BCUT2D eigenvalue weighted by Crippen LogP contribution is -2.38. The molecule has 326 valence electrons. The number of alkyl halides is 4. The van der Waals surface area contributed by atoms with Gasteiger partial charge >= 0.3 is 0 Å². The van der Waals surface area contributed by atoms with Gasteiger partial charge in [0.05, 0.1) is 44.8 Å². The number of nitrogens with zero attached hydrogens (tertiary/aromatic N) is 6. The standard InChI is InChI=1S/C42H32ClF7N8O4S/c1-18-10-21(44)5-7-24(18)20-4-6-25-29(14-20)52-40(58(41(25)60)31-9-8-28(43)34-36(31)56(2)54-39(34)55-63(3,61)62)30(13-19-11-22(45)15-23(46)12-19)51-32(59)17-57-37-33(35(53-57)38(47)48)26-16-27(26)42(37,49)50/h4-12,14-15,26-27,30,38H,13,16-17H2,1-3H3,(H,51,59)(H,54,55)/t26-,27+,30-/m0/s1. The summed E-state index contributed by atoms with van der Waals surface area (Å²) in [7, 11) is -2.49. The summed E-state index contributed by atoms with van der Waals surface area (Å²) < 4.78 is 133. The quantitative estimate of drug-likeness (QED) is 0.125. The number of hydrogen-bond acceptors (Lipinski definition) is 7. The zero-order valence-corrected chi connectivity index (χ0v) is 34.6. The molecule has 9 rings (SSSR count). The van der Waals surface area contributed by atoms with Crippen LogP contribution in [-0.2, 0) is 40.8 Å². The summed E-state index contributed by atoms with van der Waals surface area (Å²) in [5.74, 6) is -9.66. The van der Waals surface area contributed by atoms with Crippen molar-refractivity contribution in [1.82, 2.24) is 34.4 Å². The van der Waals surface area contributed by atoms with Crippen molar-refractivity contribution >= 4 is 55.2 Å². The van der Waals surface area contributed by atoms with Crippen LogP contribution in [0.15, 0.2) is 71.5 Å². The molecule has 2 N–H and O–H groups in total. The summed E-state index contributed by atoms with van der Waals surface area (Å²) >= 11 is 6.62. The van der Waals surface area contributed by atoms with Gasteiger partial charge in [-0.25, -0.2) is 35.4 Å². The first-order valence-corrected chi connectivity index (χ1v) is 21.4. The molecule has 3 heterocycles. The molecule has 7 aromatic rings. The smallest absolute Gasteiger partial charge is 0.293 e. The Bertz CT molecular complexity index is 3240. The van der Waals surface area contributed by atoms with E-state index >= 15 is 13.6 Å². The van der Waals surface area contributed by atoms with E-state index in [1.807, 2.05) is 0 Å². The Morgan fingerprint density at radius 1 is 0.984 bits per heavy atom. The van der Waals surface area contributed by atoms with Gasteiger partial charge in [0.25, 0.3) is 17.9 Å². The number of carbonyl (C=O) groups is 1. The average molecular weight is 913 g/mol. The van der Waals surface area contributed by atoms with Crippen LogP contribution in [0, 0.1) is 30.3 Å². The molecule has 0 spiro atoms. The second-order valence-electron chi connectivity index (χ2n) is 15.7. The molecule has 1 amide bonds. The monoisotopic (exact) mass is 912 g/mol. The Morgan fingerprint density at radius 3 is 2.40 bits per heavy atom. The highest BCUT2D eigenvalue weighted by molar-refractivity contribution is 7.92. The van der Waals surface area contributed by atoms with Crippen LogP contribution in [0.3, 0.4) is 0 Å². The van der Waals surface area contributed by atoms with E-state index in [0.717, 1.165) is 23.0 Å². The first-order chi connectivity index (χ1) is 29.7. The highest BCUT2D eigenvalue weighted by atomic mass is 35.5. The SMILES string of the molecule is Cc1cc(F)ccc1-c1ccc2c(=O)n(-c3ccc(Cl)c4c(NS(C)(=O)=O)nn(C)c34)c([C@H](Cc3cc(F)cc(F)c3)NC(=O)Cn3nc(C(F)F)c4c3C(F)(F)[C@@H]3C[C@H]43)nc2c1. The molecule has 1 fully saturated rings. The van der Waals surface area contributed by atoms with E-state index in [-0.39, 0.29) is 61.7 Å². The second-order valence-corrected chi connectivity index (χ2v) is 17.9. The fourth-order valence-electron chi connectivity index (χ4n) is 8.70. The predicted octanol–water partition coefficient (Wildman–Crippen LogP) is 8.13. The van der Waals surface area contributed by atoms with Gasteiger partial charge in [-0.05, 0) is 90.0 Å². The number of hydrogen-bond donors (Lipinski definition) is 2. The number of fused-ring (bicyclic) bond motifs is 5. The number of sulfonamides is 1. The molecule has 0 unspecified atom stereocenters. The predicted molar refractivity (Wildman–Crippen MR) is 218 cm³/mol. The van der Waals surface area contributed by atoms with Crippen LogP contribution in [0.1, 0.15) is 58.7 Å². The summed E-state index contributed by atoms with van der Waals surface area (Å²) in [5, 5.41) is 10.8. The summed E-state index contributed by atoms with van der Waals surface area (Å²) in [6.07, 6.45) is -2.83. The number of benzene rings is 4. The topological polar surface area (TPSA) is 146 Å². The van der Waals surface area contributed by atoms with Gasteiger partial charge in [-0.3, -0.25) is 28.2 Å². The fourth-order valence-corrected chi connectivity index (χ4v) is 9.43. The molecule has 3 aromatic heterocycles. The molecule has 63 heavy (non-hydrogen) atoms. The minimum Gasteiger partial charge on any atom is -0.344 e. The van der Waals surface area contributed by atoms with Gasteiger partial charge in [-0.1, -0.05) is 23.7 Å². The van der Waals surface area contributed by atoms with Gasteiger partial charge in [-0.2, -0.15) is 19.0 Å². The largest absolute Gasteiger partial charge is 0.344 e. The Hall–Kier alpha value is -6.28. The number of aryl methyl sites for hydroxylation is 2. The lowest BCUT2D eigenvalue weighted by Gasteiger charge is -2.24. The van der Waals surface area contributed by atoms with Crippen molar-refractivity contribution < 1.29 is 43.9 Å². The van der Waals surface area contributed by atoms with Crippen LogP contribution in [0.2, 0.25) is 5.02 Å². The highest BCUT2D eigenvalue weighted by Gasteiger charge is 2.67. The maximum atomic E-state index is 15.5. The first kappa shape index (κ1) is 42.0. The number of carbonyl (C=O) groups excluding carboxylic acids is 1. The maximum Gasteiger partial charge on any atom is 0.293 e. The number of amides is 1. The lowest BCUT2D eigenvalue weighted by atomic mass is 9.99. The van der Waals surface area contributed by atoms with Crippen molar-refractivity contribution in [2.24, 2.45) is 13.0 Å². The van der Waals surface area contributed by atoms with Crippen LogP contribution in [0.5, 0.6) is 0 Å². The maximum absolute atomic E-state index is 15.5. The van der Waals surface area contributed by atoms with Crippen molar-refractivity contribution in [3.8, 4) is 16.8 Å². The molecule has 2 aliphatic rings. The normalized spacial score (nSPS) is 17.0. The molecule has 1 saturated carbocycles. The van der Waals surface area contributed by atoms with Crippen LogP contribution in [0.4, 0.5) is 36.6 Å². The van der Waals surface area contributed by atoms with Gasteiger partial charge in [-0.15, -0.1) is 0 Å². The van der Waals surface area contributed by atoms with E-state index in [1.54, 1.807) is 13.0 Å². The number of rotatable bonds is 11. The van der Waals surface area contributed by atoms with Gasteiger partial charge in [0, 0.05) is 31.0 Å². The summed E-state index contributed by atoms with van der Waals surface area (Å²) in [4.78, 5) is 34.0. The molecule has 0 aliphatic heterocycles. The second kappa shape index (κ2) is 14.9. The Balaban J connectivity index is 1.26. The zero-order chi connectivity index (χ0) is 45.0. The van der Waals surface area contributed by atoms with E-state index in [0.29, 0.717) is 27.4 Å². The Morgan fingerprint density at radius 2 is 1.71 bits per heavy atom. The van der Waals surface area contributed by atoms with E-state index in [4.69, 9.17) is 16.6 Å². The van der Waals surface area contributed by atoms with Gasteiger partial charge in [0.2, 0.25) is 15.9 Å². The Labute approximate surface area is 357 Å². The molecule has 0 radical (unpaired) electrons. The Kier molecular flexibility index (Phi) is 9.96.